The molecule has 0 unspecified atom stereocenters. The molecule has 0 bridgehead atoms. The quantitative estimate of drug-likeness (QED) is 0.933. The Morgan fingerprint density at radius 1 is 1.27 bits per heavy atom. The molecule has 0 atom stereocenters. The molecule has 1 aromatic carbocycles. The van der Waals surface area contributed by atoms with Crippen LogP contribution in [0.25, 0.3) is 0 Å². The van der Waals surface area contributed by atoms with Gasteiger partial charge in [-0.25, -0.2) is 0 Å². The van der Waals surface area contributed by atoms with Crippen molar-refractivity contribution in [2.45, 2.75) is 51.2 Å². The van der Waals surface area contributed by atoms with E-state index in [1.54, 1.807) is 6.92 Å². The van der Waals surface area contributed by atoms with Crippen molar-refractivity contribution in [2.75, 3.05) is 13.1 Å². The number of piperidine rings is 1. The van der Waals surface area contributed by atoms with Gasteiger partial charge in [0.1, 0.15) is 11.9 Å². The summed E-state index contributed by atoms with van der Waals surface area (Å²) in [6.45, 7) is 5.37. The molecule has 1 aliphatic heterocycles. The minimum absolute atomic E-state index is 0.0174. The molecule has 0 radical (unpaired) electrons. The lowest BCUT2D eigenvalue weighted by atomic mass is 9.71. The van der Waals surface area contributed by atoms with E-state index in [-0.39, 0.29) is 17.9 Å². The lowest BCUT2D eigenvalue weighted by molar-refractivity contribution is -0.151. The molecule has 2 aliphatic rings. The summed E-state index contributed by atoms with van der Waals surface area (Å²) in [5.74, 6) is 1.17. The predicted octanol–water partition coefficient (Wildman–Crippen LogP) is 2.53. The van der Waals surface area contributed by atoms with E-state index in [9.17, 15) is 9.90 Å². The molecule has 0 aromatic heterocycles. The van der Waals surface area contributed by atoms with Crippen molar-refractivity contribution in [3.63, 3.8) is 0 Å². The number of para-hydroxylation sites is 1. The highest BCUT2D eigenvalue weighted by molar-refractivity contribution is 5.80. The van der Waals surface area contributed by atoms with Crippen LogP contribution in [0.2, 0.25) is 0 Å². The van der Waals surface area contributed by atoms with Gasteiger partial charge < -0.3 is 14.7 Å². The lowest BCUT2D eigenvalue weighted by Gasteiger charge is -2.43. The zero-order chi connectivity index (χ0) is 15.7. The maximum Gasteiger partial charge on any atom is 0.225 e. The van der Waals surface area contributed by atoms with Crippen molar-refractivity contribution in [2.24, 2.45) is 5.92 Å². The average Bonchev–Trinajstić information content (AvgIpc) is 2.47. The van der Waals surface area contributed by atoms with Crippen LogP contribution in [0.5, 0.6) is 5.75 Å². The summed E-state index contributed by atoms with van der Waals surface area (Å²) >= 11 is 0. The lowest BCUT2D eigenvalue weighted by Crippen LogP contribution is -2.51. The number of benzene rings is 1. The summed E-state index contributed by atoms with van der Waals surface area (Å²) in [5, 5.41) is 9.77. The van der Waals surface area contributed by atoms with Crippen LogP contribution in [0.1, 0.15) is 38.2 Å². The van der Waals surface area contributed by atoms with Gasteiger partial charge in [-0.3, -0.25) is 4.79 Å². The number of aliphatic hydroxyl groups is 1. The minimum atomic E-state index is -0.632. The maximum atomic E-state index is 12.4. The van der Waals surface area contributed by atoms with Gasteiger partial charge in [-0.1, -0.05) is 18.2 Å². The van der Waals surface area contributed by atoms with E-state index in [2.05, 4.69) is 13.0 Å². The Labute approximate surface area is 132 Å². The normalized spacial score (nSPS) is 29.0. The van der Waals surface area contributed by atoms with Crippen molar-refractivity contribution in [3.8, 4) is 5.75 Å². The smallest absolute Gasteiger partial charge is 0.225 e. The second-order valence-electron chi connectivity index (χ2n) is 7.01. The first-order chi connectivity index (χ1) is 10.4. The van der Waals surface area contributed by atoms with E-state index in [1.807, 2.05) is 23.1 Å². The van der Waals surface area contributed by atoms with E-state index in [0.29, 0.717) is 12.8 Å². The van der Waals surface area contributed by atoms with Crippen molar-refractivity contribution in [3.05, 3.63) is 29.8 Å². The second-order valence-corrected chi connectivity index (χ2v) is 7.01. The Hall–Kier alpha value is -1.55. The molecule has 4 nitrogen and oxygen atoms in total. The van der Waals surface area contributed by atoms with Crippen LogP contribution in [0.3, 0.4) is 0 Å². The van der Waals surface area contributed by atoms with Crippen LogP contribution in [0.4, 0.5) is 0 Å². The number of carbonyl (C=O) groups excluding carboxylic acids is 1. The molecule has 120 valence electrons. The van der Waals surface area contributed by atoms with Crippen LogP contribution in [0.15, 0.2) is 24.3 Å². The van der Waals surface area contributed by atoms with E-state index >= 15 is 0 Å². The SMILES string of the molecule is Cc1ccccc1OC1CCN(C(=O)[C@H]2C[C@@](C)(O)C2)CC1. The molecule has 0 spiro atoms. The van der Waals surface area contributed by atoms with Gasteiger partial charge in [0, 0.05) is 31.8 Å². The zero-order valence-corrected chi connectivity index (χ0v) is 13.4. The third kappa shape index (κ3) is 3.27. The molecule has 3 rings (SSSR count). The van der Waals surface area contributed by atoms with Gasteiger partial charge in [-0.15, -0.1) is 0 Å². The summed E-state index contributed by atoms with van der Waals surface area (Å²) in [7, 11) is 0. The van der Waals surface area contributed by atoms with Crippen molar-refractivity contribution in [1.82, 2.24) is 4.90 Å². The van der Waals surface area contributed by atoms with Gasteiger partial charge in [0.2, 0.25) is 5.91 Å². The number of likely N-dealkylation sites (tertiary alicyclic amines) is 1. The van der Waals surface area contributed by atoms with E-state index in [1.165, 1.54) is 0 Å². The number of hydrogen-bond acceptors (Lipinski definition) is 3. The molecule has 1 aromatic rings. The fraction of sp³-hybridized carbons (Fsp3) is 0.611. The summed E-state index contributed by atoms with van der Waals surface area (Å²) in [6, 6.07) is 8.06. The number of aryl methyl sites for hydroxylation is 1. The number of ether oxygens (including phenoxy) is 1. The highest BCUT2D eigenvalue weighted by Gasteiger charge is 2.44. The first-order valence-corrected chi connectivity index (χ1v) is 8.18. The minimum Gasteiger partial charge on any atom is -0.490 e. The van der Waals surface area contributed by atoms with Gasteiger partial charge >= 0.3 is 0 Å². The largest absolute Gasteiger partial charge is 0.490 e. The zero-order valence-electron chi connectivity index (χ0n) is 13.4. The van der Waals surface area contributed by atoms with Crippen LogP contribution >= 0.6 is 0 Å². The number of nitrogens with zero attached hydrogens (tertiary/aromatic N) is 1. The first kappa shape index (κ1) is 15.3. The van der Waals surface area contributed by atoms with Gasteiger partial charge in [-0.05, 0) is 38.3 Å². The Bertz CT molecular complexity index is 539. The van der Waals surface area contributed by atoms with Crippen molar-refractivity contribution >= 4 is 5.91 Å². The maximum absolute atomic E-state index is 12.4. The standard InChI is InChI=1S/C18H25NO3/c1-13-5-3-4-6-16(13)22-15-7-9-19(10-8-15)17(20)14-11-18(2,21)12-14/h3-6,14-15,21H,7-12H2,1-2H3/t14-,18+. The van der Waals surface area contributed by atoms with Crippen LogP contribution in [0, 0.1) is 12.8 Å². The number of rotatable bonds is 3. The molecular weight excluding hydrogens is 278 g/mol. The molecule has 1 saturated heterocycles. The number of amides is 1. The molecule has 1 aliphatic carbocycles. The fourth-order valence-electron chi connectivity index (χ4n) is 3.50. The van der Waals surface area contributed by atoms with E-state index < -0.39 is 5.60 Å². The predicted molar refractivity (Wildman–Crippen MR) is 84.8 cm³/mol. The molecule has 1 saturated carbocycles. The summed E-state index contributed by atoms with van der Waals surface area (Å²) < 4.78 is 6.07. The second kappa shape index (κ2) is 5.92. The Morgan fingerprint density at radius 3 is 2.50 bits per heavy atom. The third-order valence-corrected chi connectivity index (χ3v) is 4.86. The Morgan fingerprint density at radius 2 is 1.91 bits per heavy atom. The third-order valence-electron chi connectivity index (χ3n) is 4.86. The van der Waals surface area contributed by atoms with E-state index in [0.717, 1.165) is 37.2 Å². The average molecular weight is 303 g/mol. The number of hydrogen-bond donors (Lipinski definition) is 1. The molecule has 22 heavy (non-hydrogen) atoms. The fourth-order valence-corrected chi connectivity index (χ4v) is 3.50. The van der Waals surface area contributed by atoms with Crippen LogP contribution in [-0.2, 0) is 4.79 Å². The molecule has 4 heteroatoms. The number of carbonyl (C=O) groups is 1. The Balaban J connectivity index is 1.48. The van der Waals surface area contributed by atoms with Gasteiger partial charge in [0.15, 0.2) is 0 Å². The topological polar surface area (TPSA) is 49.8 Å². The summed E-state index contributed by atoms with van der Waals surface area (Å²) in [4.78, 5) is 14.3. The van der Waals surface area contributed by atoms with Crippen LogP contribution in [-0.4, -0.2) is 40.7 Å². The van der Waals surface area contributed by atoms with E-state index in [4.69, 9.17) is 4.74 Å². The van der Waals surface area contributed by atoms with Crippen molar-refractivity contribution in [1.29, 1.82) is 0 Å². The summed E-state index contributed by atoms with van der Waals surface area (Å²) in [5.41, 5.74) is 0.518. The molecule has 2 fully saturated rings. The first-order valence-electron chi connectivity index (χ1n) is 8.18. The van der Waals surface area contributed by atoms with Gasteiger partial charge in [0.05, 0.1) is 5.60 Å². The highest BCUT2D eigenvalue weighted by Crippen LogP contribution is 2.38. The van der Waals surface area contributed by atoms with Crippen molar-refractivity contribution < 1.29 is 14.6 Å². The highest BCUT2D eigenvalue weighted by atomic mass is 16.5. The molecule has 1 N–H and O–H groups in total. The monoisotopic (exact) mass is 303 g/mol. The summed E-state index contributed by atoms with van der Waals surface area (Å²) in [6.07, 6.45) is 3.15. The molecule has 1 heterocycles. The van der Waals surface area contributed by atoms with Crippen LogP contribution < -0.4 is 4.74 Å². The van der Waals surface area contributed by atoms with Gasteiger partial charge in [-0.2, -0.15) is 0 Å². The Kier molecular flexibility index (Phi) is 4.13. The molecule has 1 amide bonds. The molecular formula is C18H25NO3. The van der Waals surface area contributed by atoms with Gasteiger partial charge in [0.25, 0.3) is 0 Å².